The van der Waals surface area contributed by atoms with Gasteiger partial charge in [-0.25, -0.2) is 0 Å². The van der Waals surface area contributed by atoms with E-state index in [1.807, 2.05) is 0 Å². The smallest absolute Gasteiger partial charge is 0.246 e. The third kappa shape index (κ3) is 4.45. The highest BCUT2D eigenvalue weighted by molar-refractivity contribution is 5.78. The molecule has 21 heavy (non-hydrogen) atoms. The topological polar surface area (TPSA) is 102 Å². The molecule has 2 heterocycles. The third-order valence-corrected chi connectivity index (χ3v) is 3.45. The van der Waals surface area contributed by atoms with Crippen molar-refractivity contribution in [3.8, 4) is 0 Å². The van der Waals surface area contributed by atoms with Crippen LogP contribution in [0.5, 0.6) is 0 Å². The number of hydrogen-bond donors (Lipinski definition) is 2. The first-order valence-corrected chi connectivity index (χ1v) is 6.93. The van der Waals surface area contributed by atoms with Crippen molar-refractivity contribution in [1.29, 1.82) is 0 Å². The monoisotopic (exact) mass is 295 g/mol. The number of nitrogens with one attached hydrogen (secondary N) is 1. The van der Waals surface area contributed by atoms with Crippen molar-refractivity contribution in [2.24, 2.45) is 0 Å². The maximum absolute atomic E-state index is 12.1. The summed E-state index contributed by atoms with van der Waals surface area (Å²) in [5, 5.41) is 6.89. The highest BCUT2D eigenvalue weighted by atomic mass is 16.5. The molecule has 0 atom stereocenters. The van der Waals surface area contributed by atoms with Crippen LogP contribution in [0.2, 0.25) is 0 Å². The number of aromatic nitrogens is 2. The SMILES string of the molecule is COCC(=O)NC1CCN(C(=O)Cn2ccc(N)n2)CC1. The van der Waals surface area contributed by atoms with Gasteiger partial charge in [0.1, 0.15) is 19.0 Å². The molecule has 8 nitrogen and oxygen atoms in total. The molecule has 0 saturated carbocycles. The van der Waals surface area contributed by atoms with Gasteiger partial charge >= 0.3 is 0 Å². The Morgan fingerprint density at radius 3 is 2.76 bits per heavy atom. The molecule has 1 aliphatic heterocycles. The van der Waals surface area contributed by atoms with Crippen LogP contribution in [-0.2, 0) is 20.9 Å². The first-order chi connectivity index (χ1) is 10.1. The number of carbonyl (C=O) groups is 2. The molecule has 1 aliphatic rings. The number of methoxy groups -OCH3 is 1. The lowest BCUT2D eigenvalue weighted by atomic mass is 10.0. The summed E-state index contributed by atoms with van der Waals surface area (Å²) in [4.78, 5) is 25.3. The molecule has 116 valence electrons. The van der Waals surface area contributed by atoms with Crippen molar-refractivity contribution in [2.75, 3.05) is 32.5 Å². The van der Waals surface area contributed by atoms with Gasteiger partial charge in [-0.1, -0.05) is 0 Å². The van der Waals surface area contributed by atoms with Gasteiger partial charge in [0.05, 0.1) is 0 Å². The van der Waals surface area contributed by atoms with Crippen LogP contribution in [0.1, 0.15) is 12.8 Å². The van der Waals surface area contributed by atoms with Crippen molar-refractivity contribution < 1.29 is 14.3 Å². The number of nitrogens with zero attached hydrogens (tertiary/aromatic N) is 3. The average Bonchev–Trinajstić information content (AvgIpc) is 2.85. The zero-order chi connectivity index (χ0) is 15.2. The highest BCUT2D eigenvalue weighted by Crippen LogP contribution is 2.11. The van der Waals surface area contributed by atoms with Crippen LogP contribution in [0, 0.1) is 0 Å². The second-order valence-corrected chi connectivity index (χ2v) is 5.09. The van der Waals surface area contributed by atoms with Gasteiger partial charge in [0.15, 0.2) is 0 Å². The molecule has 0 radical (unpaired) electrons. The zero-order valence-corrected chi connectivity index (χ0v) is 12.1. The molecule has 1 saturated heterocycles. The second-order valence-electron chi connectivity index (χ2n) is 5.09. The Labute approximate surface area is 123 Å². The summed E-state index contributed by atoms with van der Waals surface area (Å²) in [6.45, 7) is 1.53. The molecule has 8 heteroatoms. The van der Waals surface area contributed by atoms with Gasteiger partial charge in [-0.2, -0.15) is 5.10 Å². The van der Waals surface area contributed by atoms with Gasteiger partial charge in [0.25, 0.3) is 0 Å². The number of rotatable bonds is 5. The summed E-state index contributed by atoms with van der Waals surface area (Å²) in [7, 11) is 1.49. The third-order valence-electron chi connectivity index (χ3n) is 3.45. The van der Waals surface area contributed by atoms with Gasteiger partial charge < -0.3 is 20.7 Å². The number of anilines is 1. The Balaban J connectivity index is 1.75. The summed E-state index contributed by atoms with van der Waals surface area (Å²) in [5.74, 6) is 0.302. The summed E-state index contributed by atoms with van der Waals surface area (Å²) >= 11 is 0. The number of likely N-dealkylation sites (tertiary alicyclic amines) is 1. The Bertz CT molecular complexity index is 494. The lowest BCUT2D eigenvalue weighted by molar-refractivity contribution is -0.133. The van der Waals surface area contributed by atoms with E-state index >= 15 is 0 Å². The number of nitrogens with two attached hydrogens (primary N) is 1. The number of ether oxygens (including phenoxy) is 1. The van der Waals surface area contributed by atoms with E-state index in [9.17, 15) is 9.59 Å². The van der Waals surface area contributed by atoms with Crippen LogP contribution in [-0.4, -0.2) is 59.3 Å². The maximum atomic E-state index is 12.1. The summed E-state index contributed by atoms with van der Waals surface area (Å²) in [6.07, 6.45) is 3.19. The summed E-state index contributed by atoms with van der Waals surface area (Å²) in [5.41, 5.74) is 5.51. The number of piperidine rings is 1. The zero-order valence-electron chi connectivity index (χ0n) is 12.1. The minimum absolute atomic E-state index is 0.0137. The standard InChI is InChI=1S/C13H21N5O3/c1-21-9-12(19)15-10-2-5-17(6-3-10)13(20)8-18-7-4-11(14)16-18/h4,7,10H,2-3,5-6,8-9H2,1H3,(H2,14,16)(H,15,19). The molecule has 1 aromatic rings. The van der Waals surface area contributed by atoms with E-state index in [-0.39, 0.29) is 31.0 Å². The van der Waals surface area contributed by atoms with Gasteiger partial charge in [-0.15, -0.1) is 0 Å². The van der Waals surface area contributed by atoms with Gasteiger partial charge in [0, 0.05) is 32.4 Å². The fourth-order valence-corrected chi connectivity index (χ4v) is 2.38. The molecule has 0 unspecified atom stereocenters. The predicted molar refractivity (Wildman–Crippen MR) is 76.3 cm³/mol. The molecule has 0 aliphatic carbocycles. The lowest BCUT2D eigenvalue weighted by Gasteiger charge is -2.32. The van der Waals surface area contributed by atoms with Crippen molar-refractivity contribution >= 4 is 17.6 Å². The summed E-state index contributed by atoms with van der Waals surface area (Å²) in [6, 6.07) is 1.77. The molecule has 2 amide bonds. The fourth-order valence-electron chi connectivity index (χ4n) is 2.38. The van der Waals surface area contributed by atoms with E-state index in [0.717, 1.165) is 12.8 Å². The van der Waals surface area contributed by atoms with Crippen molar-refractivity contribution in [3.05, 3.63) is 12.3 Å². The first kappa shape index (κ1) is 15.3. The minimum Gasteiger partial charge on any atom is -0.382 e. The minimum atomic E-state index is -0.116. The average molecular weight is 295 g/mol. The van der Waals surface area contributed by atoms with Crippen molar-refractivity contribution in [2.45, 2.75) is 25.4 Å². The van der Waals surface area contributed by atoms with E-state index in [1.165, 1.54) is 11.8 Å². The molecule has 1 aromatic heterocycles. The molecular weight excluding hydrogens is 274 g/mol. The van der Waals surface area contributed by atoms with E-state index in [0.29, 0.717) is 18.9 Å². The molecule has 0 spiro atoms. The first-order valence-electron chi connectivity index (χ1n) is 6.93. The maximum Gasteiger partial charge on any atom is 0.246 e. The van der Waals surface area contributed by atoms with Gasteiger partial charge in [-0.3, -0.25) is 14.3 Å². The molecule has 1 fully saturated rings. The normalized spacial score (nSPS) is 16.0. The van der Waals surface area contributed by atoms with E-state index < -0.39 is 0 Å². The van der Waals surface area contributed by atoms with E-state index in [1.54, 1.807) is 17.2 Å². The Hall–Kier alpha value is -2.09. The molecule has 0 aromatic carbocycles. The van der Waals surface area contributed by atoms with E-state index in [4.69, 9.17) is 10.5 Å². The molecule has 3 N–H and O–H groups in total. The van der Waals surface area contributed by atoms with Gasteiger partial charge in [0.2, 0.25) is 11.8 Å². The van der Waals surface area contributed by atoms with E-state index in [2.05, 4.69) is 10.4 Å². The number of amides is 2. The quantitative estimate of drug-likeness (QED) is 0.742. The van der Waals surface area contributed by atoms with Crippen LogP contribution < -0.4 is 11.1 Å². The van der Waals surface area contributed by atoms with Crippen molar-refractivity contribution in [3.63, 3.8) is 0 Å². The Morgan fingerprint density at radius 2 is 2.19 bits per heavy atom. The second kappa shape index (κ2) is 7.07. The molecule has 2 rings (SSSR count). The van der Waals surface area contributed by atoms with Crippen LogP contribution in [0.4, 0.5) is 5.82 Å². The Kier molecular flexibility index (Phi) is 5.15. The van der Waals surface area contributed by atoms with Crippen LogP contribution >= 0.6 is 0 Å². The Morgan fingerprint density at radius 1 is 1.48 bits per heavy atom. The van der Waals surface area contributed by atoms with Crippen LogP contribution in [0.25, 0.3) is 0 Å². The highest BCUT2D eigenvalue weighted by Gasteiger charge is 2.23. The number of nitrogen functional groups attached to an aromatic ring is 1. The largest absolute Gasteiger partial charge is 0.382 e. The lowest BCUT2D eigenvalue weighted by Crippen LogP contribution is -2.48. The summed E-state index contributed by atoms with van der Waals surface area (Å²) < 4.78 is 6.31. The fraction of sp³-hybridized carbons (Fsp3) is 0.615. The number of hydrogen-bond acceptors (Lipinski definition) is 5. The van der Waals surface area contributed by atoms with Crippen LogP contribution in [0.15, 0.2) is 12.3 Å². The van der Waals surface area contributed by atoms with Gasteiger partial charge in [-0.05, 0) is 18.9 Å². The predicted octanol–water partition coefficient (Wildman–Crippen LogP) is -0.781. The molecule has 0 bridgehead atoms. The number of carbonyl (C=O) groups excluding carboxylic acids is 2. The van der Waals surface area contributed by atoms with Crippen molar-refractivity contribution in [1.82, 2.24) is 20.0 Å². The molecular formula is C13H21N5O3. The van der Waals surface area contributed by atoms with Crippen LogP contribution in [0.3, 0.4) is 0 Å².